The van der Waals surface area contributed by atoms with Gasteiger partial charge in [0.05, 0.1) is 13.3 Å². The number of alkyl halides is 1. The van der Waals surface area contributed by atoms with Crippen molar-refractivity contribution in [2.45, 2.75) is 3.92 Å². The third kappa shape index (κ3) is 3.70. The first-order chi connectivity index (χ1) is 7.15. The Morgan fingerprint density at radius 1 is 1.73 bits per heavy atom. The monoisotopic (exact) mass is 341 g/mol. The highest BCUT2D eigenvalue weighted by atomic mass is 127. The topological polar surface area (TPSA) is 81.2 Å². The Morgan fingerprint density at radius 3 is 3.00 bits per heavy atom. The van der Waals surface area contributed by atoms with Crippen LogP contribution in [-0.2, 0) is 9.53 Å². The molecule has 1 N–H and O–H groups in total. The van der Waals surface area contributed by atoms with Crippen molar-refractivity contribution in [2.24, 2.45) is 0 Å². The summed E-state index contributed by atoms with van der Waals surface area (Å²) in [5, 5.41) is 6.12. The van der Waals surface area contributed by atoms with Crippen molar-refractivity contribution >= 4 is 46.0 Å². The molecule has 0 aromatic carbocycles. The summed E-state index contributed by atoms with van der Waals surface area (Å²) < 4.78 is 7.68. The summed E-state index contributed by atoms with van der Waals surface area (Å²) in [5.74, 6) is -0.645. The number of amides is 1. The van der Waals surface area contributed by atoms with Gasteiger partial charge < -0.3 is 10.1 Å². The van der Waals surface area contributed by atoms with Crippen LogP contribution < -0.4 is 5.32 Å². The smallest absolute Gasteiger partial charge is 0.320 e. The minimum absolute atomic E-state index is 0.226. The highest BCUT2D eigenvalue weighted by Crippen LogP contribution is 2.04. The van der Waals surface area contributed by atoms with Crippen LogP contribution in [0.3, 0.4) is 0 Å². The molecule has 6 nitrogen and oxygen atoms in total. The zero-order valence-electron chi connectivity index (χ0n) is 7.77. The average Bonchev–Trinajstić information content (AvgIpc) is 2.77. The second-order valence-electron chi connectivity index (χ2n) is 2.48. The lowest BCUT2D eigenvalue weighted by atomic mass is 10.4. The van der Waals surface area contributed by atoms with Gasteiger partial charge in [-0.3, -0.25) is 9.59 Å². The second kappa shape index (κ2) is 5.95. The van der Waals surface area contributed by atoms with Crippen molar-refractivity contribution in [2.75, 3.05) is 13.7 Å². The molecule has 0 bridgehead atoms. The van der Waals surface area contributed by atoms with Crippen molar-refractivity contribution in [3.05, 3.63) is 11.1 Å². The van der Waals surface area contributed by atoms with Gasteiger partial charge in [0.15, 0.2) is 0 Å². The van der Waals surface area contributed by atoms with Crippen molar-refractivity contribution in [3.63, 3.8) is 0 Å². The van der Waals surface area contributed by atoms with Crippen LogP contribution in [-0.4, -0.2) is 39.0 Å². The molecule has 15 heavy (non-hydrogen) atoms. The Labute approximate surface area is 104 Å². The molecule has 1 heterocycles. The Hall–Kier alpha value is -0.770. The molecule has 1 atom stereocenters. The molecule has 1 unspecified atom stereocenters. The normalized spacial score (nSPS) is 11.9. The molecule has 0 aliphatic heterocycles. The summed E-state index contributed by atoms with van der Waals surface area (Å²) in [7, 11) is 1.31. The van der Waals surface area contributed by atoms with Crippen LogP contribution >= 0.6 is 34.1 Å². The van der Waals surface area contributed by atoms with Gasteiger partial charge in [0.2, 0.25) is 0 Å². The van der Waals surface area contributed by atoms with Crippen LogP contribution in [0.4, 0.5) is 0 Å². The zero-order valence-corrected chi connectivity index (χ0v) is 10.7. The fourth-order valence-corrected chi connectivity index (χ4v) is 1.65. The number of nitrogens with zero attached hydrogens (tertiary/aromatic N) is 2. The molecule has 0 saturated carbocycles. The molecule has 0 fully saturated rings. The first kappa shape index (κ1) is 12.3. The maximum Gasteiger partial charge on any atom is 0.320 e. The summed E-state index contributed by atoms with van der Waals surface area (Å²) in [6.07, 6.45) is 1.38. The molecule has 1 aromatic heterocycles. The summed E-state index contributed by atoms with van der Waals surface area (Å²) in [6.45, 7) is 0.226. The molecule has 0 saturated heterocycles. The standard InChI is InChI=1S/C7H8IN3O3S/c1-14-7(13)4(8)2-9-6(12)5-3-10-11-15-5/h3-4H,2H2,1H3,(H,9,12). The van der Waals surface area contributed by atoms with Gasteiger partial charge in [-0.15, -0.1) is 5.10 Å². The molecule has 1 aromatic rings. The SMILES string of the molecule is COC(=O)C(I)CNC(=O)c1cnns1. The van der Waals surface area contributed by atoms with E-state index in [9.17, 15) is 9.59 Å². The second-order valence-corrected chi connectivity index (χ2v) is 4.77. The van der Waals surface area contributed by atoms with E-state index >= 15 is 0 Å². The number of aromatic nitrogens is 2. The van der Waals surface area contributed by atoms with Crippen molar-refractivity contribution in [3.8, 4) is 0 Å². The van der Waals surface area contributed by atoms with Crippen molar-refractivity contribution < 1.29 is 14.3 Å². The van der Waals surface area contributed by atoms with E-state index in [2.05, 4.69) is 19.6 Å². The summed E-state index contributed by atoms with van der Waals surface area (Å²) in [4.78, 5) is 22.8. The van der Waals surface area contributed by atoms with Gasteiger partial charge in [-0.05, 0) is 11.5 Å². The molecule has 1 rings (SSSR count). The fourth-order valence-electron chi connectivity index (χ4n) is 0.748. The minimum Gasteiger partial charge on any atom is -0.468 e. The number of hydrogen-bond acceptors (Lipinski definition) is 6. The highest BCUT2D eigenvalue weighted by Gasteiger charge is 2.17. The predicted octanol–water partition coefficient (Wildman–Crippen LogP) is 0.244. The first-order valence-corrected chi connectivity index (χ1v) is 5.94. The molecular formula is C7H8IN3O3S. The van der Waals surface area contributed by atoms with Crippen LogP contribution in [0.5, 0.6) is 0 Å². The van der Waals surface area contributed by atoms with E-state index in [-0.39, 0.29) is 18.4 Å². The number of hydrogen-bond donors (Lipinski definition) is 1. The molecule has 0 aliphatic carbocycles. The zero-order chi connectivity index (χ0) is 11.3. The number of esters is 1. The van der Waals surface area contributed by atoms with Crippen molar-refractivity contribution in [1.29, 1.82) is 0 Å². The summed E-state index contributed by atoms with van der Waals surface area (Å²) >= 11 is 2.91. The lowest BCUT2D eigenvalue weighted by Gasteiger charge is -2.07. The van der Waals surface area contributed by atoms with E-state index in [1.54, 1.807) is 0 Å². The van der Waals surface area contributed by atoms with E-state index in [0.29, 0.717) is 4.88 Å². The first-order valence-electron chi connectivity index (χ1n) is 3.92. The lowest BCUT2D eigenvalue weighted by molar-refractivity contribution is -0.139. The largest absolute Gasteiger partial charge is 0.468 e. The summed E-state index contributed by atoms with van der Waals surface area (Å²) in [5.41, 5.74) is 0. The Kier molecular flexibility index (Phi) is 4.88. The van der Waals surface area contributed by atoms with Crippen LogP contribution in [0.15, 0.2) is 6.20 Å². The number of ether oxygens (including phenoxy) is 1. The fraction of sp³-hybridized carbons (Fsp3) is 0.429. The van der Waals surface area contributed by atoms with Crippen molar-refractivity contribution in [1.82, 2.24) is 14.9 Å². The van der Waals surface area contributed by atoms with Gasteiger partial charge in [0.25, 0.3) is 5.91 Å². The molecule has 8 heteroatoms. The number of halogens is 1. The van der Waals surface area contributed by atoms with Crippen LogP contribution in [0.25, 0.3) is 0 Å². The molecule has 1 amide bonds. The van der Waals surface area contributed by atoms with Gasteiger partial charge in [-0.25, -0.2) is 0 Å². The van der Waals surface area contributed by atoms with Gasteiger partial charge in [-0.1, -0.05) is 27.1 Å². The Balaban J connectivity index is 2.38. The van der Waals surface area contributed by atoms with Gasteiger partial charge in [0, 0.05) is 6.54 Å². The predicted molar refractivity (Wildman–Crippen MR) is 62.1 cm³/mol. The van der Waals surface area contributed by atoms with Gasteiger partial charge in [0.1, 0.15) is 8.80 Å². The number of rotatable bonds is 4. The van der Waals surface area contributed by atoms with Gasteiger partial charge >= 0.3 is 5.97 Å². The Morgan fingerprint density at radius 2 is 2.47 bits per heavy atom. The minimum atomic E-state index is -0.391. The molecular weight excluding hydrogens is 333 g/mol. The molecule has 0 spiro atoms. The number of carbonyl (C=O) groups is 2. The van der Waals surface area contributed by atoms with E-state index in [4.69, 9.17) is 0 Å². The third-order valence-corrected chi connectivity index (χ3v) is 3.10. The number of methoxy groups -OCH3 is 1. The quantitative estimate of drug-likeness (QED) is 0.482. The van der Waals surface area contributed by atoms with Gasteiger partial charge in [-0.2, -0.15) is 0 Å². The maximum atomic E-state index is 11.4. The average molecular weight is 341 g/mol. The summed E-state index contributed by atoms with van der Waals surface area (Å²) in [6, 6.07) is 0. The Bertz CT molecular complexity index is 343. The van der Waals surface area contributed by atoms with E-state index < -0.39 is 3.92 Å². The number of nitrogens with one attached hydrogen (secondary N) is 1. The van der Waals surface area contributed by atoms with Crippen LogP contribution in [0.2, 0.25) is 0 Å². The van der Waals surface area contributed by atoms with E-state index in [0.717, 1.165) is 11.5 Å². The van der Waals surface area contributed by atoms with Crippen LogP contribution in [0.1, 0.15) is 9.67 Å². The lowest BCUT2D eigenvalue weighted by Crippen LogP contribution is -2.33. The van der Waals surface area contributed by atoms with E-state index in [1.165, 1.54) is 13.3 Å². The molecule has 0 radical (unpaired) electrons. The third-order valence-electron chi connectivity index (χ3n) is 1.48. The van der Waals surface area contributed by atoms with E-state index in [1.807, 2.05) is 22.6 Å². The molecule has 0 aliphatic rings. The highest BCUT2D eigenvalue weighted by molar-refractivity contribution is 14.1. The number of carbonyl (C=O) groups excluding carboxylic acids is 2. The molecule has 82 valence electrons. The maximum absolute atomic E-state index is 11.4. The van der Waals surface area contributed by atoms with Crippen LogP contribution in [0, 0.1) is 0 Å².